The SMILES string of the molecule is CCN(CCc1ccncc1)C(=O)C(=O)N(CC(C)C)CC(C)C. The zero-order valence-corrected chi connectivity index (χ0v) is 15.7. The third kappa shape index (κ3) is 6.69. The van der Waals surface area contributed by atoms with Gasteiger partial charge in [0, 0.05) is 38.6 Å². The molecule has 0 saturated carbocycles. The molecule has 0 radical (unpaired) electrons. The van der Waals surface area contributed by atoms with Crippen molar-refractivity contribution in [2.45, 2.75) is 41.0 Å². The first-order valence-electron chi connectivity index (χ1n) is 8.82. The molecule has 0 atom stereocenters. The van der Waals surface area contributed by atoms with E-state index in [9.17, 15) is 9.59 Å². The molecule has 1 aromatic rings. The number of carbonyl (C=O) groups excluding carboxylic acids is 2. The van der Waals surface area contributed by atoms with Gasteiger partial charge in [-0.15, -0.1) is 0 Å². The monoisotopic (exact) mass is 333 g/mol. The lowest BCUT2D eigenvalue weighted by Crippen LogP contribution is -2.48. The zero-order chi connectivity index (χ0) is 18.1. The van der Waals surface area contributed by atoms with Crippen LogP contribution in [-0.4, -0.2) is 52.8 Å². The van der Waals surface area contributed by atoms with E-state index in [4.69, 9.17) is 0 Å². The van der Waals surface area contributed by atoms with Crippen LogP contribution in [0.25, 0.3) is 0 Å². The summed E-state index contributed by atoms with van der Waals surface area (Å²) in [5, 5.41) is 0. The maximum absolute atomic E-state index is 12.7. The Morgan fingerprint density at radius 3 is 1.92 bits per heavy atom. The molecule has 0 aromatic carbocycles. The molecule has 2 amide bonds. The van der Waals surface area contributed by atoms with E-state index in [1.54, 1.807) is 22.2 Å². The Bertz CT molecular complexity index is 505. The fourth-order valence-electron chi connectivity index (χ4n) is 2.61. The average molecular weight is 333 g/mol. The summed E-state index contributed by atoms with van der Waals surface area (Å²) in [5.41, 5.74) is 1.12. The summed E-state index contributed by atoms with van der Waals surface area (Å²) in [6.45, 7) is 12.5. The van der Waals surface area contributed by atoms with Crippen molar-refractivity contribution in [1.29, 1.82) is 0 Å². The maximum Gasteiger partial charge on any atom is 0.312 e. The Labute approximate surface area is 146 Å². The molecule has 24 heavy (non-hydrogen) atoms. The molecule has 0 unspecified atom stereocenters. The highest BCUT2D eigenvalue weighted by Crippen LogP contribution is 2.07. The number of nitrogens with zero attached hydrogens (tertiary/aromatic N) is 3. The molecule has 0 aliphatic heterocycles. The first-order valence-corrected chi connectivity index (χ1v) is 8.82. The highest BCUT2D eigenvalue weighted by molar-refractivity contribution is 6.34. The molecule has 0 spiro atoms. The first-order chi connectivity index (χ1) is 11.3. The van der Waals surface area contributed by atoms with Crippen molar-refractivity contribution < 1.29 is 9.59 Å². The van der Waals surface area contributed by atoms with E-state index in [-0.39, 0.29) is 5.91 Å². The molecule has 0 aliphatic rings. The van der Waals surface area contributed by atoms with Crippen LogP contribution in [0.1, 0.15) is 40.2 Å². The normalized spacial score (nSPS) is 11.0. The molecule has 5 heteroatoms. The van der Waals surface area contributed by atoms with Gasteiger partial charge in [0.15, 0.2) is 0 Å². The van der Waals surface area contributed by atoms with Crippen molar-refractivity contribution in [2.75, 3.05) is 26.2 Å². The molecular weight excluding hydrogens is 302 g/mol. The van der Waals surface area contributed by atoms with E-state index in [1.807, 2.05) is 19.1 Å². The van der Waals surface area contributed by atoms with Gasteiger partial charge in [-0.2, -0.15) is 0 Å². The topological polar surface area (TPSA) is 53.5 Å². The Balaban J connectivity index is 2.72. The van der Waals surface area contributed by atoms with Gasteiger partial charge in [0.1, 0.15) is 0 Å². The quantitative estimate of drug-likeness (QED) is 0.687. The minimum atomic E-state index is -0.396. The average Bonchev–Trinajstić information content (AvgIpc) is 2.54. The van der Waals surface area contributed by atoms with Gasteiger partial charge in [0.25, 0.3) is 0 Å². The Kier molecular flexibility index (Phi) is 8.44. The van der Waals surface area contributed by atoms with Crippen LogP contribution in [0.5, 0.6) is 0 Å². The van der Waals surface area contributed by atoms with E-state index in [0.29, 0.717) is 38.0 Å². The number of likely N-dealkylation sites (N-methyl/N-ethyl adjacent to an activating group) is 1. The van der Waals surface area contributed by atoms with Gasteiger partial charge < -0.3 is 9.80 Å². The van der Waals surface area contributed by atoms with Crippen molar-refractivity contribution >= 4 is 11.8 Å². The van der Waals surface area contributed by atoms with Crippen LogP contribution >= 0.6 is 0 Å². The highest BCUT2D eigenvalue weighted by Gasteiger charge is 2.27. The lowest BCUT2D eigenvalue weighted by Gasteiger charge is -2.28. The summed E-state index contributed by atoms with van der Waals surface area (Å²) in [6, 6.07) is 3.87. The Morgan fingerprint density at radius 2 is 1.46 bits per heavy atom. The zero-order valence-electron chi connectivity index (χ0n) is 15.7. The van der Waals surface area contributed by atoms with Gasteiger partial charge in [-0.25, -0.2) is 0 Å². The minimum Gasteiger partial charge on any atom is -0.334 e. The van der Waals surface area contributed by atoms with Gasteiger partial charge in [-0.05, 0) is 42.9 Å². The third-order valence-electron chi connectivity index (χ3n) is 3.73. The fraction of sp³-hybridized carbons (Fsp3) is 0.632. The minimum absolute atomic E-state index is 0.340. The second kappa shape index (κ2) is 10.1. The Morgan fingerprint density at radius 1 is 0.958 bits per heavy atom. The molecule has 0 fully saturated rings. The summed E-state index contributed by atoms with van der Waals surface area (Å²) in [6.07, 6.45) is 4.21. The van der Waals surface area contributed by atoms with Crippen LogP contribution in [0, 0.1) is 11.8 Å². The van der Waals surface area contributed by atoms with Gasteiger partial charge in [0.2, 0.25) is 0 Å². The number of hydrogen-bond acceptors (Lipinski definition) is 3. The van der Waals surface area contributed by atoms with Gasteiger partial charge in [-0.1, -0.05) is 27.7 Å². The molecule has 0 aliphatic carbocycles. The van der Waals surface area contributed by atoms with Gasteiger partial charge in [-0.3, -0.25) is 14.6 Å². The predicted molar refractivity (Wildman–Crippen MR) is 96.5 cm³/mol. The van der Waals surface area contributed by atoms with Crippen molar-refractivity contribution in [3.05, 3.63) is 30.1 Å². The van der Waals surface area contributed by atoms with E-state index < -0.39 is 5.91 Å². The number of pyridine rings is 1. The number of aromatic nitrogens is 1. The molecular formula is C19H31N3O2. The van der Waals surface area contributed by atoms with E-state index in [0.717, 1.165) is 12.0 Å². The van der Waals surface area contributed by atoms with Crippen LogP contribution in [0.3, 0.4) is 0 Å². The first kappa shape index (κ1) is 20.1. The molecule has 134 valence electrons. The summed E-state index contributed by atoms with van der Waals surface area (Å²) in [4.78, 5) is 32.6. The van der Waals surface area contributed by atoms with Gasteiger partial charge in [0.05, 0.1) is 0 Å². The number of rotatable bonds is 8. The summed E-state index contributed by atoms with van der Waals surface area (Å²) in [7, 11) is 0. The van der Waals surface area contributed by atoms with Crippen LogP contribution in [0.2, 0.25) is 0 Å². The predicted octanol–water partition coefficient (Wildman–Crippen LogP) is 2.61. The van der Waals surface area contributed by atoms with Crippen LogP contribution in [0.4, 0.5) is 0 Å². The third-order valence-corrected chi connectivity index (χ3v) is 3.73. The summed E-state index contributed by atoms with van der Waals surface area (Å²) < 4.78 is 0. The Hall–Kier alpha value is -1.91. The molecule has 1 rings (SSSR count). The summed E-state index contributed by atoms with van der Waals surface area (Å²) >= 11 is 0. The number of carbonyl (C=O) groups is 2. The molecule has 0 N–H and O–H groups in total. The second-order valence-electron chi connectivity index (χ2n) is 6.99. The fourth-order valence-corrected chi connectivity index (χ4v) is 2.61. The molecule has 1 heterocycles. The number of amides is 2. The lowest BCUT2D eigenvalue weighted by molar-refractivity contribution is -0.152. The van der Waals surface area contributed by atoms with E-state index in [1.165, 1.54) is 0 Å². The smallest absolute Gasteiger partial charge is 0.312 e. The molecule has 0 bridgehead atoms. The second-order valence-corrected chi connectivity index (χ2v) is 6.99. The highest BCUT2D eigenvalue weighted by atomic mass is 16.2. The largest absolute Gasteiger partial charge is 0.334 e. The molecule has 1 aromatic heterocycles. The van der Waals surface area contributed by atoms with Gasteiger partial charge >= 0.3 is 11.8 Å². The van der Waals surface area contributed by atoms with Crippen molar-refractivity contribution in [3.8, 4) is 0 Å². The van der Waals surface area contributed by atoms with Crippen LogP contribution in [-0.2, 0) is 16.0 Å². The van der Waals surface area contributed by atoms with E-state index in [2.05, 4.69) is 32.7 Å². The lowest BCUT2D eigenvalue weighted by atomic mass is 10.1. The van der Waals surface area contributed by atoms with Crippen LogP contribution < -0.4 is 0 Å². The standard InChI is InChI=1S/C19H31N3O2/c1-6-21(12-9-17-7-10-20-11-8-17)18(23)19(24)22(13-15(2)3)14-16(4)5/h7-8,10-11,15-16H,6,9,12-14H2,1-5H3. The van der Waals surface area contributed by atoms with Crippen molar-refractivity contribution in [2.24, 2.45) is 11.8 Å². The van der Waals surface area contributed by atoms with E-state index >= 15 is 0 Å². The summed E-state index contributed by atoms with van der Waals surface area (Å²) in [5.74, 6) is -0.0957. The van der Waals surface area contributed by atoms with Crippen molar-refractivity contribution in [1.82, 2.24) is 14.8 Å². The molecule has 0 saturated heterocycles. The number of hydrogen-bond donors (Lipinski definition) is 0. The molecule has 5 nitrogen and oxygen atoms in total. The maximum atomic E-state index is 12.7. The van der Waals surface area contributed by atoms with Crippen molar-refractivity contribution in [3.63, 3.8) is 0 Å². The van der Waals surface area contributed by atoms with Crippen LogP contribution in [0.15, 0.2) is 24.5 Å².